The summed E-state index contributed by atoms with van der Waals surface area (Å²) in [6, 6.07) is 3.85. The van der Waals surface area contributed by atoms with E-state index in [4.69, 9.17) is 14.9 Å². The molecule has 1 aromatic carbocycles. The fourth-order valence-electron chi connectivity index (χ4n) is 3.51. The number of allylic oxidation sites excluding steroid dienone is 1. The van der Waals surface area contributed by atoms with Gasteiger partial charge in [0.05, 0.1) is 48.1 Å². The molecule has 0 unspecified atom stereocenters. The zero-order valence-corrected chi connectivity index (χ0v) is 23.8. The Morgan fingerprint density at radius 2 is 1.62 bits per heavy atom. The number of fused-ring (bicyclic) bond motifs is 1. The summed E-state index contributed by atoms with van der Waals surface area (Å²) in [6.07, 6.45) is 3.80. The minimum absolute atomic E-state index is 0.0795. The molecule has 0 amide bonds. The molecule has 222 valence electrons. The van der Waals surface area contributed by atoms with Crippen LogP contribution in [0.5, 0.6) is 5.75 Å². The zero-order chi connectivity index (χ0) is 30.5. The van der Waals surface area contributed by atoms with Crippen LogP contribution < -0.4 is 10.4 Å². The van der Waals surface area contributed by atoms with Gasteiger partial charge in [-0.1, -0.05) is 0 Å². The summed E-state index contributed by atoms with van der Waals surface area (Å²) < 4.78 is 65.7. The van der Waals surface area contributed by atoms with Crippen molar-refractivity contribution in [3.05, 3.63) is 58.6 Å². The molecule has 1 aliphatic rings. The van der Waals surface area contributed by atoms with Gasteiger partial charge in [-0.15, -0.1) is 0 Å². The molecule has 2 heterocycles. The van der Waals surface area contributed by atoms with Gasteiger partial charge in [-0.05, 0) is 39.0 Å². The van der Waals surface area contributed by atoms with Gasteiger partial charge in [-0.2, -0.15) is 5.10 Å². The molecule has 0 aliphatic carbocycles. The largest absolute Gasteiger partial charge is 0.497 e. The number of ether oxygens (including phenoxy) is 2. The quantitative estimate of drug-likeness (QED) is 0.336. The van der Waals surface area contributed by atoms with Crippen molar-refractivity contribution < 1.29 is 36.2 Å². The number of ketones is 1. The number of alkyl halides is 4. The van der Waals surface area contributed by atoms with Gasteiger partial charge in [0, 0.05) is 37.3 Å². The highest BCUT2D eigenvalue weighted by Gasteiger charge is 2.21. The van der Waals surface area contributed by atoms with Crippen LogP contribution in [0.3, 0.4) is 0 Å². The van der Waals surface area contributed by atoms with Crippen LogP contribution in [0.4, 0.5) is 22.0 Å². The van der Waals surface area contributed by atoms with Gasteiger partial charge in [-0.3, -0.25) is 32.3 Å². The van der Waals surface area contributed by atoms with Gasteiger partial charge in [0.15, 0.2) is 11.6 Å². The zero-order valence-electron chi connectivity index (χ0n) is 23.8. The monoisotopic (exact) mass is 565 g/mol. The Kier molecular flexibility index (Phi) is 20.5. The summed E-state index contributed by atoms with van der Waals surface area (Å²) in [5.74, 6) is 0.663. The molecule has 0 atom stereocenters. The fraction of sp³-hybridized carbons (Fsp3) is 0.500. The number of methoxy groups -OCH3 is 1. The fourth-order valence-corrected chi connectivity index (χ4v) is 3.51. The van der Waals surface area contributed by atoms with E-state index in [1.807, 2.05) is 19.1 Å². The molecule has 8 nitrogen and oxygen atoms in total. The standard InChI is InChI=1S/C22H28FN5O3.4CH3F/c1-5-26(6-2)18-13-21-25-28(22(24)27(21)9-8-20(18)31-7-3)14-19(29)15-10-16(23)12-17(11-15)30-4;4*1-2/h8,10-13,24H,5-7,9,14H2,1-4H3;4*1H3. The first-order valence-corrected chi connectivity index (χ1v) is 11.8. The number of benzene rings is 1. The van der Waals surface area contributed by atoms with Gasteiger partial charge in [0.25, 0.3) is 0 Å². The Morgan fingerprint density at radius 1 is 1.03 bits per heavy atom. The lowest BCUT2D eigenvalue weighted by atomic mass is 10.1. The molecule has 3 rings (SSSR count). The first kappa shape index (κ1) is 37.5. The SMILES string of the molecule is CCOC1=CCn2c(nn(CC(=O)c3cc(F)cc(OC)c3)c2=N)C=C1N(CC)CC.CF.CF.CF.CF. The van der Waals surface area contributed by atoms with E-state index in [0.717, 1.165) is 30.6 Å². The van der Waals surface area contributed by atoms with E-state index >= 15 is 0 Å². The predicted octanol–water partition coefficient (Wildman–Crippen LogP) is 5.15. The molecule has 0 fully saturated rings. The number of Topliss-reactive ketones (excluding diaryl/α,β-unsaturated/α-hetero) is 1. The van der Waals surface area contributed by atoms with Crippen molar-refractivity contribution in [3.8, 4) is 5.75 Å². The Morgan fingerprint density at radius 3 is 2.13 bits per heavy atom. The minimum atomic E-state index is -0.556. The van der Waals surface area contributed by atoms with Crippen LogP contribution in [0.25, 0.3) is 6.08 Å². The van der Waals surface area contributed by atoms with Gasteiger partial charge in [-0.25, -0.2) is 9.07 Å². The second-order valence-corrected chi connectivity index (χ2v) is 6.96. The molecule has 0 radical (unpaired) electrons. The van der Waals surface area contributed by atoms with Crippen LogP contribution >= 0.6 is 0 Å². The van der Waals surface area contributed by atoms with E-state index in [9.17, 15) is 26.7 Å². The first-order valence-electron chi connectivity index (χ1n) is 11.8. The van der Waals surface area contributed by atoms with Gasteiger partial charge in [0.1, 0.15) is 23.9 Å². The highest BCUT2D eigenvalue weighted by molar-refractivity contribution is 5.96. The maximum Gasteiger partial charge on any atom is 0.221 e. The molecular formula is C26H40F5N5O3. The minimum Gasteiger partial charge on any atom is -0.497 e. The van der Waals surface area contributed by atoms with Crippen LogP contribution in [0.1, 0.15) is 37.0 Å². The smallest absolute Gasteiger partial charge is 0.221 e. The van der Waals surface area contributed by atoms with Gasteiger partial charge < -0.3 is 14.4 Å². The number of halogens is 5. The first-order chi connectivity index (χ1) is 18.9. The van der Waals surface area contributed by atoms with Crippen molar-refractivity contribution in [2.75, 3.05) is 55.5 Å². The number of nitrogens with one attached hydrogen (secondary N) is 1. The van der Waals surface area contributed by atoms with Crippen LogP contribution in [-0.2, 0) is 17.8 Å². The second-order valence-electron chi connectivity index (χ2n) is 6.96. The summed E-state index contributed by atoms with van der Waals surface area (Å²) in [5.41, 5.74) is 1.14. The number of hydrogen-bond acceptors (Lipinski definition) is 6. The molecule has 2 aromatic rings. The summed E-state index contributed by atoms with van der Waals surface area (Å²) in [7, 11) is 3.41. The lowest BCUT2D eigenvalue weighted by molar-refractivity contribution is 0.0964. The normalized spacial score (nSPS) is 11.0. The third kappa shape index (κ3) is 10.6. The van der Waals surface area contributed by atoms with E-state index < -0.39 is 5.82 Å². The molecular weight excluding hydrogens is 525 g/mol. The van der Waals surface area contributed by atoms with Crippen molar-refractivity contribution in [2.45, 2.75) is 33.9 Å². The van der Waals surface area contributed by atoms with Crippen LogP contribution in [0, 0.1) is 11.2 Å². The number of nitrogens with zero attached hydrogens (tertiary/aromatic N) is 4. The molecule has 13 heteroatoms. The molecule has 0 spiro atoms. The van der Waals surface area contributed by atoms with Crippen molar-refractivity contribution >= 4 is 11.9 Å². The Hall–Kier alpha value is -3.64. The molecule has 39 heavy (non-hydrogen) atoms. The molecule has 0 bridgehead atoms. The van der Waals surface area contributed by atoms with Crippen molar-refractivity contribution in [2.24, 2.45) is 0 Å². The number of carbonyl (C=O) groups is 1. The summed E-state index contributed by atoms with van der Waals surface area (Å²) in [6.45, 7) is 8.39. The molecule has 0 saturated carbocycles. The van der Waals surface area contributed by atoms with E-state index in [1.165, 1.54) is 23.9 Å². The number of rotatable bonds is 9. The summed E-state index contributed by atoms with van der Waals surface area (Å²) >= 11 is 0. The highest BCUT2D eigenvalue weighted by Crippen LogP contribution is 2.22. The van der Waals surface area contributed by atoms with Crippen molar-refractivity contribution in [1.82, 2.24) is 19.2 Å². The summed E-state index contributed by atoms with van der Waals surface area (Å²) in [5, 5.41) is 13.0. The second kappa shape index (κ2) is 21.3. The van der Waals surface area contributed by atoms with Crippen molar-refractivity contribution in [1.29, 1.82) is 5.41 Å². The molecule has 1 aromatic heterocycles. The Labute approximate surface area is 226 Å². The highest BCUT2D eigenvalue weighted by atomic mass is 19.1. The topological polar surface area (TPSA) is 85.4 Å². The van der Waals surface area contributed by atoms with Gasteiger partial charge in [0.2, 0.25) is 5.62 Å². The lowest BCUT2D eigenvalue weighted by Gasteiger charge is -2.25. The Balaban J connectivity index is 0. The average molecular weight is 566 g/mol. The van der Waals surface area contributed by atoms with Crippen molar-refractivity contribution in [3.63, 3.8) is 0 Å². The Bertz CT molecular complexity index is 1100. The van der Waals surface area contributed by atoms with Gasteiger partial charge >= 0.3 is 0 Å². The molecule has 1 aliphatic heterocycles. The van der Waals surface area contributed by atoms with E-state index in [-0.39, 0.29) is 29.3 Å². The lowest BCUT2D eigenvalue weighted by Crippen LogP contribution is -2.28. The van der Waals surface area contributed by atoms with E-state index in [1.54, 1.807) is 4.57 Å². The maximum atomic E-state index is 13.8. The van der Waals surface area contributed by atoms with E-state index in [0.29, 0.717) is 47.7 Å². The number of carbonyl (C=O) groups excluding carboxylic acids is 1. The third-order valence-corrected chi connectivity index (χ3v) is 5.10. The predicted molar refractivity (Wildman–Crippen MR) is 142 cm³/mol. The third-order valence-electron chi connectivity index (χ3n) is 5.10. The van der Waals surface area contributed by atoms with Crippen LogP contribution in [0.2, 0.25) is 0 Å². The number of likely N-dealkylation sites (N-methyl/N-ethyl adjacent to an activating group) is 1. The summed E-state index contributed by atoms with van der Waals surface area (Å²) in [4.78, 5) is 14.9. The molecule has 0 saturated heterocycles. The molecule has 1 N–H and O–H groups in total. The number of aromatic nitrogens is 3. The van der Waals surface area contributed by atoms with Crippen LogP contribution in [-0.4, -0.2) is 80.5 Å². The maximum absolute atomic E-state index is 13.8. The van der Waals surface area contributed by atoms with Crippen LogP contribution in [0.15, 0.2) is 35.7 Å². The number of hydrogen-bond donors (Lipinski definition) is 1. The van der Waals surface area contributed by atoms with E-state index in [2.05, 4.69) is 23.8 Å². The average Bonchev–Trinajstić information content (AvgIpc) is 3.16.